The highest BCUT2D eigenvalue weighted by Crippen LogP contribution is 2.31. The third-order valence-corrected chi connectivity index (χ3v) is 4.42. The van der Waals surface area contributed by atoms with Crippen molar-refractivity contribution in [1.29, 1.82) is 0 Å². The number of benzene rings is 1. The standard InChI is InChI=1S/C14H14N4OS2/c1-8(2)11-15-14(21-18-11)20-13-17-16-12(19-13)10-6-4-9(3)5-7-10/h4-8H,1-3H3. The second-order valence-corrected chi connectivity index (χ2v) is 6.86. The van der Waals surface area contributed by atoms with Crippen LogP contribution >= 0.6 is 23.3 Å². The molecule has 1 aromatic carbocycles. The van der Waals surface area contributed by atoms with Crippen LogP contribution in [0.25, 0.3) is 11.5 Å². The molecule has 2 aromatic heterocycles. The second kappa shape index (κ2) is 5.95. The summed E-state index contributed by atoms with van der Waals surface area (Å²) in [6.07, 6.45) is 0. The average molecular weight is 318 g/mol. The van der Waals surface area contributed by atoms with Crippen LogP contribution in [0.4, 0.5) is 0 Å². The van der Waals surface area contributed by atoms with Crippen molar-refractivity contribution in [3.8, 4) is 11.5 Å². The highest BCUT2D eigenvalue weighted by atomic mass is 32.2. The molecule has 108 valence electrons. The Kier molecular flexibility index (Phi) is 4.03. The molecule has 3 aromatic rings. The molecule has 0 N–H and O–H groups in total. The molecule has 0 atom stereocenters. The fourth-order valence-corrected chi connectivity index (χ4v) is 3.16. The van der Waals surface area contributed by atoms with Gasteiger partial charge in [-0.3, -0.25) is 0 Å². The number of aryl methyl sites for hydroxylation is 1. The first kappa shape index (κ1) is 14.2. The van der Waals surface area contributed by atoms with Gasteiger partial charge < -0.3 is 4.42 Å². The minimum atomic E-state index is 0.321. The van der Waals surface area contributed by atoms with Crippen molar-refractivity contribution in [1.82, 2.24) is 19.6 Å². The van der Waals surface area contributed by atoms with Gasteiger partial charge in [0, 0.05) is 23.2 Å². The first-order chi connectivity index (χ1) is 10.1. The van der Waals surface area contributed by atoms with E-state index in [9.17, 15) is 0 Å². The van der Waals surface area contributed by atoms with Crippen molar-refractivity contribution in [2.24, 2.45) is 0 Å². The van der Waals surface area contributed by atoms with Gasteiger partial charge in [0.2, 0.25) is 5.89 Å². The Balaban J connectivity index is 1.76. The lowest BCUT2D eigenvalue weighted by Crippen LogP contribution is -1.88. The summed E-state index contributed by atoms with van der Waals surface area (Å²) in [6.45, 7) is 6.18. The maximum atomic E-state index is 5.66. The Morgan fingerprint density at radius 1 is 1.14 bits per heavy atom. The average Bonchev–Trinajstić information content (AvgIpc) is 3.10. The molecule has 0 unspecified atom stereocenters. The smallest absolute Gasteiger partial charge is 0.284 e. The number of hydrogen-bond acceptors (Lipinski definition) is 7. The van der Waals surface area contributed by atoms with Crippen LogP contribution < -0.4 is 0 Å². The van der Waals surface area contributed by atoms with Crippen LogP contribution in [-0.2, 0) is 0 Å². The van der Waals surface area contributed by atoms with Crippen molar-refractivity contribution in [3.05, 3.63) is 35.7 Å². The Hall–Kier alpha value is -1.73. The van der Waals surface area contributed by atoms with Gasteiger partial charge in [0.25, 0.3) is 5.22 Å². The van der Waals surface area contributed by atoms with Crippen molar-refractivity contribution in [2.45, 2.75) is 36.3 Å². The molecule has 0 aliphatic rings. The SMILES string of the molecule is Cc1ccc(-c2nnc(Sc3nc(C(C)C)ns3)o2)cc1. The largest absolute Gasteiger partial charge is 0.411 e. The molecule has 21 heavy (non-hydrogen) atoms. The zero-order valence-corrected chi connectivity index (χ0v) is 13.5. The van der Waals surface area contributed by atoms with E-state index in [1.807, 2.05) is 31.2 Å². The van der Waals surface area contributed by atoms with Crippen molar-refractivity contribution in [2.75, 3.05) is 0 Å². The van der Waals surface area contributed by atoms with Gasteiger partial charge in [-0.1, -0.05) is 31.5 Å². The lowest BCUT2D eigenvalue weighted by molar-refractivity contribution is 0.466. The van der Waals surface area contributed by atoms with Gasteiger partial charge in [-0.25, -0.2) is 4.98 Å². The number of rotatable bonds is 4. The third-order valence-electron chi connectivity index (χ3n) is 2.82. The number of hydrogen-bond donors (Lipinski definition) is 0. The summed E-state index contributed by atoms with van der Waals surface area (Å²) in [6, 6.07) is 7.98. The number of nitrogens with zero attached hydrogens (tertiary/aromatic N) is 4. The van der Waals surface area contributed by atoms with Gasteiger partial charge >= 0.3 is 0 Å². The van der Waals surface area contributed by atoms with Crippen LogP contribution in [0.1, 0.15) is 31.2 Å². The van der Waals surface area contributed by atoms with Crippen LogP contribution in [0.2, 0.25) is 0 Å². The molecule has 2 heterocycles. The number of aromatic nitrogens is 4. The lowest BCUT2D eigenvalue weighted by Gasteiger charge is -1.95. The summed E-state index contributed by atoms with van der Waals surface area (Å²) in [5.74, 6) is 1.69. The van der Waals surface area contributed by atoms with Crippen molar-refractivity contribution in [3.63, 3.8) is 0 Å². The fourth-order valence-electron chi connectivity index (χ4n) is 1.63. The van der Waals surface area contributed by atoms with Gasteiger partial charge in [-0.15, -0.1) is 10.2 Å². The van der Waals surface area contributed by atoms with Crippen LogP contribution in [0.15, 0.2) is 38.2 Å². The normalized spacial score (nSPS) is 11.2. The monoisotopic (exact) mass is 318 g/mol. The zero-order valence-electron chi connectivity index (χ0n) is 11.9. The van der Waals surface area contributed by atoms with E-state index in [2.05, 4.69) is 33.4 Å². The van der Waals surface area contributed by atoms with Crippen molar-refractivity contribution >= 4 is 23.3 Å². The highest BCUT2D eigenvalue weighted by Gasteiger charge is 2.14. The van der Waals surface area contributed by atoms with E-state index in [0.717, 1.165) is 15.7 Å². The molecule has 7 heteroatoms. The highest BCUT2D eigenvalue weighted by molar-refractivity contribution is 8.00. The quantitative estimate of drug-likeness (QED) is 0.719. The molecular formula is C14H14N4OS2. The summed E-state index contributed by atoms with van der Waals surface area (Å²) in [5, 5.41) is 8.61. The molecule has 0 radical (unpaired) electrons. The van der Waals surface area contributed by atoms with Gasteiger partial charge in [0.05, 0.1) is 0 Å². The van der Waals surface area contributed by atoms with E-state index in [0.29, 0.717) is 17.0 Å². The van der Waals surface area contributed by atoms with E-state index >= 15 is 0 Å². The Morgan fingerprint density at radius 2 is 1.90 bits per heavy atom. The summed E-state index contributed by atoms with van der Waals surface area (Å²) in [7, 11) is 0. The topological polar surface area (TPSA) is 64.7 Å². The third kappa shape index (κ3) is 3.30. The minimum Gasteiger partial charge on any atom is -0.411 e. The molecule has 3 rings (SSSR count). The molecule has 0 bridgehead atoms. The molecule has 0 aliphatic carbocycles. The fraction of sp³-hybridized carbons (Fsp3) is 0.286. The van der Waals surface area contributed by atoms with Crippen LogP contribution in [0.5, 0.6) is 0 Å². The Bertz CT molecular complexity index is 734. The predicted molar refractivity (Wildman–Crippen MR) is 82.6 cm³/mol. The van der Waals surface area contributed by atoms with E-state index in [1.54, 1.807) is 0 Å². The molecular weight excluding hydrogens is 304 g/mol. The minimum absolute atomic E-state index is 0.321. The maximum absolute atomic E-state index is 5.66. The molecule has 0 aliphatic heterocycles. The lowest BCUT2D eigenvalue weighted by atomic mass is 10.1. The van der Waals surface area contributed by atoms with Crippen molar-refractivity contribution < 1.29 is 4.42 Å². The maximum Gasteiger partial charge on any atom is 0.284 e. The van der Waals surface area contributed by atoms with Gasteiger partial charge in [0.1, 0.15) is 5.82 Å². The first-order valence-corrected chi connectivity index (χ1v) is 8.13. The summed E-state index contributed by atoms with van der Waals surface area (Å²) < 4.78 is 10.8. The summed E-state index contributed by atoms with van der Waals surface area (Å²) >= 11 is 2.70. The molecule has 0 spiro atoms. The molecule has 0 amide bonds. The van der Waals surface area contributed by atoms with Gasteiger partial charge in [0.15, 0.2) is 4.34 Å². The Morgan fingerprint density at radius 3 is 2.57 bits per heavy atom. The van der Waals surface area contributed by atoms with E-state index in [-0.39, 0.29) is 0 Å². The van der Waals surface area contributed by atoms with Gasteiger partial charge in [-0.2, -0.15) is 4.37 Å². The van der Waals surface area contributed by atoms with E-state index < -0.39 is 0 Å². The summed E-state index contributed by atoms with van der Waals surface area (Å²) in [5.41, 5.74) is 2.11. The molecule has 0 fully saturated rings. The second-order valence-electron chi connectivity index (χ2n) is 4.91. The van der Waals surface area contributed by atoms with Crippen LogP contribution in [-0.4, -0.2) is 19.6 Å². The van der Waals surface area contributed by atoms with E-state index in [1.165, 1.54) is 28.9 Å². The van der Waals surface area contributed by atoms with E-state index in [4.69, 9.17) is 4.42 Å². The van der Waals surface area contributed by atoms with Crippen LogP contribution in [0, 0.1) is 6.92 Å². The Labute approximate surface area is 131 Å². The molecule has 0 saturated carbocycles. The molecule has 0 saturated heterocycles. The van der Waals surface area contributed by atoms with Crippen LogP contribution in [0.3, 0.4) is 0 Å². The van der Waals surface area contributed by atoms with Gasteiger partial charge in [-0.05, 0) is 30.6 Å². The zero-order chi connectivity index (χ0) is 14.8. The summed E-state index contributed by atoms with van der Waals surface area (Å²) in [4.78, 5) is 4.44. The first-order valence-electron chi connectivity index (χ1n) is 6.54. The molecule has 5 nitrogen and oxygen atoms in total. The predicted octanol–water partition coefficient (Wildman–Crippen LogP) is 4.17.